The van der Waals surface area contributed by atoms with E-state index in [1.165, 1.54) is 0 Å². The molecular weight excluding hydrogens is 252 g/mol. The van der Waals surface area contributed by atoms with Crippen molar-refractivity contribution in [2.75, 3.05) is 6.54 Å². The Balaban J connectivity index is 4.62. The second-order valence-electron chi connectivity index (χ2n) is 5.37. The van der Waals surface area contributed by atoms with Gasteiger partial charge in [0.05, 0.1) is 6.54 Å². The first kappa shape index (κ1) is 17.4. The SMILES string of the molecule is CC(C)[C@H](NC(=O)OC(C)(C)C)C(=O)OC(=O)CN. The molecule has 0 saturated heterocycles. The van der Waals surface area contributed by atoms with Gasteiger partial charge in [0.25, 0.3) is 0 Å². The smallest absolute Gasteiger partial charge is 0.408 e. The van der Waals surface area contributed by atoms with Crippen molar-refractivity contribution in [2.45, 2.75) is 46.3 Å². The minimum absolute atomic E-state index is 0.259. The first-order chi connectivity index (χ1) is 8.56. The summed E-state index contributed by atoms with van der Waals surface area (Å²) < 4.78 is 9.51. The maximum absolute atomic E-state index is 11.7. The summed E-state index contributed by atoms with van der Waals surface area (Å²) in [6.45, 7) is 8.11. The van der Waals surface area contributed by atoms with Gasteiger partial charge in [0, 0.05) is 0 Å². The zero-order chi connectivity index (χ0) is 15.2. The number of hydrogen-bond donors (Lipinski definition) is 2. The largest absolute Gasteiger partial charge is 0.444 e. The van der Waals surface area contributed by atoms with Crippen molar-refractivity contribution in [3.8, 4) is 0 Å². The van der Waals surface area contributed by atoms with Gasteiger partial charge in [-0.05, 0) is 26.7 Å². The van der Waals surface area contributed by atoms with Gasteiger partial charge in [-0.2, -0.15) is 0 Å². The van der Waals surface area contributed by atoms with Gasteiger partial charge in [0.15, 0.2) is 0 Å². The van der Waals surface area contributed by atoms with Crippen LogP contribution in [0, 0.1) is 5.92 Å². The van der Waals surface area contributed by atoms with Crippen LogP contribution in [0.25, 0.3) is 0 Å². The van der Waals surface area contributed by atoms with Crippen LogP contribution in [0.1, 0.15) is 34.6 Å². The number of ether oxygens (including phenoxy) is 2. The summed E-state index contributed by atoms with van der Waals surface area (Å²) in [6, 6.07) is -0.967. The average Bonchev–Trinajstić information content (AvgIpc) is 2.22. The average molecular weight is 274 g/mol. The van der Waals surface area contributed by atoms with E-state index in [1.807, 2.05) is 0 Å². The Morgan fingerprint density at radius 3 is 2.11 bits per heavy atom. The van der Waals surface area contributed by atoms with Crippen molar-refractivity contribution < 1.29 is 23.9 Å². The lowest BCUT2D eigenvalue weighted by molar-refractivity contribution is -0.160. The van der Waals surface area contributed by atoms with Crippen LogP contribution in [0.15, 0.2) is 0 Å². The normalized spacial score (nSPS) is 12.8. The van der Waals surface area contributed by atoms with Crippen LogP contribution in [0.2, 0.25) is 0 Å². The molecule has 0 saturated carbocycles. The molecule has 0 aromatic rings. The zero-order valence-corrected chi connectivity index (χ0v) is 12.0. The number of carbonyl (C=O) groups is 3. The predicted octanol–water partition coefficient (Wildman–Crippen LogP) is 0.564. The lowest BCUT2D eigenvalue weighted by Gasteiger charge is -2.24. The molecule has 1 atom stereocenters. The van der Waals surface area contributed by atoms with E-state index in [2.05, 4.69) is 10.1 Å². The van der Waals surface area contributed by atoms with Crippen molar-refractivity contribution in [3.05, 3.63) is 0 Å². The molecule has 7 heteroatoms. The molecule has 0 heterocycles. The number of nitrogens with one attached hydrogen (secondary N) is 1. The molecule has 0 aliphatic rings. The molecule has 0 unspecified atom stereocenters. The first-order valence-corrected chi connectivity index (χ1v) is 6.01. The molecule has 7 nitrogen and oxygen atoms in total. The molecule has 110 valence electrons. The van der Waals surface area contributed by atoms with Gasteiger partial charge in [-0.15, -0.1) is 0 Å². The third kappa shape index (κ3) is 7.40. The summed E-state index contributed by atoms with van der Waals surface area (Å²) in [5.41, 5.74) is 4.36. The monoisotopic (exact) mass is 274 g/mol. The number of amides is 1. The van der Waals surface area contributed by atoms with E-state index >= 15 is 0 Å². The van der Waals surface area contributed by atoms with Gasteiger partial charge in [0.1, 0.15) is 11.6 Å². The second-order valence-corrected chi connectivity index (χ2v) is 5.37. The summed E-state index contributed by atoms with van der Waals surface area (Å²) in [5, 5.41) is 2.37. The number of rotatable bonds is 4. The Morgan fingerprint density at radius 2 is 1.74 bits per heavy atom. The zero-order valence-electron chi connectivity index (χ0n) is 12.0. The molecule has 0 aromatic carbocycles. The second kappa shape index (κ2) is 7.08. The summed E-state index contributed by atoms with van der Waals surface area (Å²) in [6.07, 6.45) is -0.747. The van der Waals surface area contributed by atoms with Crippen molar-refractivity contribution in [2.24, 2.45) is 11.7 Å². The van der Waals surface area contributed by atoms with Crippen LogP contribution < -0.4 is 11.1 Å². The minimum atomic E-state index is -0.967. The van der Waals surface area contributed by atoms with Gasteiger partial charge in [0.2, 0.25) is 0 Å². The van der Waals surface area contributed by atoms with Gasteiger partial charge in [-0.25, -0.2) is 9.59 Å². The van der Waals surface area contributed by atoms with Gasteiger partial charge in [-0.3, -0.25) is 4.79 Å². The van der Waals surface area contributed by atoms with E-state index in [-0.39, 0.29) is 5.92 Å². The number of hydrogen-bond acceptors (Lipinski definition) is 6. The number of nitrogens with two attached hydrogens (primary N) is 1. The van der Waals surface area contributed by atoms with Gasteiger partial charge >= 0.3 is 18.0 Å². The van der Waals surface area contributed by atoms with Crippen LogP contribution >= 0.6 is 0 Å². The third-order valence-corrected chi connectivity index (χ3v) is 1.97. The minimum Gasteiger partial charge on any atom is -0.444 e. The molecule has 19 heavy (non-hydrogen) atoms. The van der Waals surface area contributed by atoms with Crippen molar-refractivity contribution in [1.82, 2.24) is 5.32 Å². The fourth-order valence-electron chi connectivity index (χ4n) is 1.15. The molecule has 1 amide bonds. The van der Waals surface area contributed by atoms with Crippen molar-refractivity contribution in [1.29, 1.82) is 0 Å². The maximum atomic E-state index is 11.7. The molecular formula is C12H22N2O5. The Hall–Kier alpha value is -1.63. The molecule has 3 N–H and O–H groups in total. The summed E-state index contributed by atoms with van der Waals surface area (Å²) >= 11 is 0. The standard InChI is InChI=1S/C12H22N2O5/c1-7(2)9(10(16)18-8(15)6-13)14-11(17)19-12(3,4)5/h7,9H,6,13H2,1-5H3,(H,14,17)/t9-/m0/s1. The molecule has 0 aliphatic heterocycles. The van der Waals surface area contributed by atoms with Crippen LogP contribution in [0.4, 0.5) is 4.79 Å². The summed E-state index contributed by atoms with van der Waals surface area (Å²) in [4.78, 5) is 34.2. The Labute approximate surface area is 112 Å². The Bertz CT molecular complexity index is 347. The highest BCUT2D eigenvalue weighted by Crippen LogP contribution is 2.09. The quantitative estimate of drug-likeness (QED) is 0.573. The van der Waals surface area contributed by atoms with Gasteiger partial charge in [-0.1, -0.05) is 13.8 Å². The molecule has 0 radical (unpaired) electrons. The predicted molar refractivity (Wildman–Crippen MR) is 68.1 cm³/mol. The topological polar surface area (TPSA) is 108 Å². The van der Waals surface area contributed by atoms with Crippen LogP contribution in [-0.4, -0.2) is 36.2 Å². The molecule has 0 aromatic heterocycles. The lowest BCUT2D eigenvalue weighted by Crippen LogP contribution is -2.47. The fourth-order valence-corrected chi connectivity index (χ4v) is 1.15. The van der Waals surface area contributed by atoms with Crippen LogP contribution in [0.3, 0.4) is 0 Å². The van der Waals surface area contributed by atoms with E-state index in [4.69, 9.17) is 10.5 Å². The highest BCUT2D eigenvalue weighted by atomic mass is 16.6. The molecule has 0 bridgehead atoms. The molecule has 0 aliphatic carbocycles. The highest BCUT2D eigenvalue weighted by Gasteiger charge is 2.29. The van der Waals surface area contributed by atoms with Crippen LogP contribution in [-0.2, 0) is 19.1 Å². The fraction of sp³-hybridized carbons (Fsp3) is 0.750. The van der Waals surface area contributed by atoms with Crippen LogP contribution in [0.5, 0.6) is 0 Å². The van der Waals surface area contributed by atoms with E-state index < -0.39 is 36.2 Å². The Morgan fingerprint density at radius 1 is 1.21 bits per heavy atom. The number of alkyl carbamates (subject to hydrolysis) is 1. The molecule has 0 rings (SSSR count). The lowest BCUT2D eigenvalue weighted by atomic mass is 10.1. The van der Waals surface area contributed by atoms with E-state index in [0.717, 1.165) is 0 Å². The third-order valence-electron chi connectivity index (χ3n) is 1.97. The maximum Gasteiger partial charge on any atom is 0.408 e. The van der Waals surface area contributed by atoms with Crippen molar-refractivity contribution in [3.63, 3.8) is 0 Å². The van der Waals surface area contributed by atoms with Crippen molar-refractivity contribution >= 4 is 18.0 Å². The number of carbonyl (C=O) groups excluding carboxylic acids is 3. The highest BCUT2D eigenvalue weighted by molar-refractivity contribution is 5.91. The number of esters is 2. The molecule has 0 fully saturated rings. The molecule has 0 spiro atoms. The van der Waals surface area contributed by atoms with Gasteiger partial charge < -0.3 is 20.5 Å². The summed E-state index contributed by atoms with van der Waals surface area (Å²) in [5.74, 6) is -1.96. The van der Waals surface area contributed by atoms with E-state index in [0.29, 0.717) is 0 Å². The van der Waals surface area contributed by atoms with E-state index in [9.17, 15) is 14.4 Å². The Kier molecular flexibility index (Phi) is 6.47. The first-order valence-electron chi connectivity index (χ1n) is 6.01. The van der Waals surface area contributed by atoms with E-state index in [1.54, 1.807) is 34.6 Å². The summed E-state index contributed by atoms with van der Waals surface area (Å²) in [7, 11) is 0.